The third kappa shape index (κ3) is 3.44. The number of nitrogens with zero attached hydrogens (tertiary/aromatic N) is 2. The minimum Gasteiger partial charge on any atom is -0.478 e. The van der Waals surface area contributed by atoms with E-state index in [2.05, 4.69) is 4.98 Å². The van der Waals surface area contributed by atoms with E-state index in [4.69, 9.17) is 21.4 Å². The topological polar surface area (TPSA) is 82.9 Å². The summed E-state index contributed by atoms with van der Waals surface area (Å²) in [5.74, 6) is -0.435. The molecule has 0 saturated carbocycles. The van der Waals surface area contributed by atoms with Gasteiger partial charge >= 0.3 is 5.97 Å². The molecular weight excluding hydrogens is 320 g/mol. The van der Waals surface area contributed by atoms with Crippen LogP contribution in [0.4, 0.5) is 5.82 Å². The van der Waals surface area contributed by atoms with Crippen LogP contribution in [0.3, 0.4) is 0 Å². The predicted molar refractivity (Wildman–Crippen MR) is 86.2 cm³/mol. The molecule has 1 aromatic heterocycles. The first-order valence-electron chi connectivity index (χ1n) is 7.80. The summed E-state index contributed by atoms with van der Waals surface area (Å²) in [5, 5.41) is 19.6. The Morgan fingerprint density at radius 3 is 2.65 bits per heavy atom. The van der Waals surface area contributed by atoms with E-state index in [1.165, 1.54) is 12.3 Å². The molecule has 2 aliphatic rings. The number of carboxylic acid groups (broad SMARTS) is 1. The molecular formula is C16H21ClN2O4. The number of hydrogen-bond acceptors (Lipinski definition) is 5. The van der Waals surface area contributed by atoms with Gasteiger partial charge in [-0.3, -0.25) is 0 Å². The van der Waals surface area contributed by atoms with E-state index >= 15 is 0 Å². The van der Waals surface area contributed by atoms with E-state index in [0.717, 1.165) is 25.9 Å². The number of pyridine rings is 1. The summed E-state index contributed by atoms with van der Waals surface area (Å²) in [6.45, 7) is 3.89. The summed E-state index contributed by atoms with van der Waals surface area (Å²) in [7, 11) is 0. The molecule has 3 heterocycles. The molecule has 2 aliphatic heterocycles. The van der Waals surface area contributed by atoms with Crippen LogP contribution in [0.5, 0.6) is 0 Å². The minimum absolute atomic E-state index is 0.0823. The van der Waals surface area contributed by atoms with E-state index in [1.54, 1.807) is 0 Å². The fraction of sp³-hybridized carbons (Fsp3) is 0.625. The van der Waals surface area contributed by atoms with Gasteiger partial charge in [0, 0.05) is 25.7 Å². The number of aromatic nitrogens is 1. The maximum atomic E-state index is 11.0. The second kappa shape index (κ2) is 5.92. The highest BCUT2D eigenvalue weighted by Gasteiger charge is 2.44. The lowest BCUT2D eigenvalue weighted by Gasteiger charge is -2.48. The number of halogens is 1. The summed E-state index contributed by atoms with van der Waals surface area (Å²) in [5.41, 5.74) is -0.857. The van der Waals surface area contributed by atoms with Gasteiger partial charge in [-0.15, -0.1) is 0 Å². The van der Waals surface area contributed by atoms with Gasteiger partial charge < -0.3 is 19.8 Å². The molecule has 0 bridgehead atoms. The van der Waals surface area contributed by atoms with Crippen molar-refractivity contribution in [2.75, 3.05) is 24.6 Å². The molecule has 0 radical (unpaired) electrons. The maximum absolute atomic E-state index is 11.0. The Labute approximate surface area is 140 Å². The first-order chi connectivity index (χ1) is 10.8. The van der Waals surface area contributed by atoms with Crippen LogP contribution in [0.1, 0.15) is 43.0 Å². The smallest absolute Gasteiger partial charge is 0.337 e. The molecule has 1 atom stereocenters. The Hall–Kier alpha value is -1.37. The minimum atomic E-state index is -1.04. The Balaban J connectivity index is 1.71. The fourth-order valence-corrected chi connectivity index (χ4v) is 3.83. The Morgan fingerprint density at radius 2 is 2.09 bits per heavy atom. The lowest BCUT2D eigenvalue weighted by molar-refractivity contribution is -0.162. The normalized spacial score (nSPS) is 27.2. The van der Waals surface area contributed by atoms with Gasteiger partial charge in [-0.2, -0.15) is 0 Å². The summed E-state index contributed by atoms with van der Waals surface area (Å²) in [4.78, 5) is 17.2. The first kappa shape index (κ1) is 16.5. The van der Waals surface area contributed by atoms with Crippen molar-refractivity contribution in [2.45, 2.75) is 43.8 Å². The average Bonchev–Trinajstić information content (AvgIpc) is 2.47. The molecule has 7 heteroatoms. The number of ether oxygens (including phenoxy) is 1. The van der Waals surface area contributed by atoms with E-state index < -0.39 is 11.6 Å². The van der Waals surface area contributed by atoms with Crippen LogP contribution >= 0.6 is 11.6 Å². The zero-order chi connectivity index (χ0) is 16.7. The van der Waals surface area contributed by atoms with Crippen LogP contribution < -0.4 is 4.90 Å². The SMILES string of the molecule is CC1(O)CCOC2(CCN(c3ncc(C(=O)O)cc3Cl)CC2)C1. The molecule has 2 saturated heterocycles. The van der Waals surface area contributed by atoms with Gasteiger partial charge in [-0.1, -0.05) is 11.6 Å². The van der Waals surface area contributed by atoms with E-state index in [0.29, 0.717) is 30.3 Å². The zero-order valence-electron chi connectivity index (χ0n) is 13.1. The van der Waals surface area contributed by atoms with Crippen molar-refractivity contribution in [3.8, 4) is 0 Å². The molecule has 6 nitrogen and oxygen atoms in total. The number of anilines is 1. The van der Waals surface area contributed by atoms with E-state index in [9.17, 15) is 9.90 Å². The maximum Gasteiger partial charge on any atom is 0.337 e. The summed E-state index contributed by atoms with van der Waals surface area (Å²) in [6, 6.07) is 1.43. The monoisotopic (exact) mass is 340 g/mol. The van der Waals surface area contributed by atoms with Crippen LogP contribution in [-0.4, -0.2) is 52.1 Å². The molecule has 0 amide bonds. The molecule has 126 valence electrons. The van der Waals surface area contributed by atoms with E-state index in [-0.39, 0.29) is 11.2 Å². The van der Waals surface area contributed by atoms with Crippen molar-refractivity contribution < 1.29 is 19.7 Å². The van der Waals surface area contributed by atoms with Crippen molar-refractivity contribution in [3.05, 3.63) is 22.8 Å². The Kier molecular flexibility index (Phi) is 4.25. The van der Waals surface area contributed by atoms with E-state index in [1.807, 2.05) is 11.8 Å². The molecule has 23 heavy (non-hydrogen) atoms. The predicted octanol–water partition coefficient (Wildman–Crippen LogP) is 2.33. The van der Waals surface area contributed by atoms with Crippen LogP contribution in [0.2, 0.25) is 5.02 Å². The third-order valence-corrected chi connectivity index (χ3v) is 5.07. The number of aliphatic hydroxyl groups is 1. The Bertz CT molecular complexity index is 612. The van der Waals surface area contributed by atoms with Gasteiger partial charge in [0.15, 0.2) is 0 Å². The molecule has 3 rings (SSSR count). The average molecular weight is 341 g/mol. The number of carbonyl (C=O) groups is 1. The molecule has 0 aliphatic carbocycles. The van der Waals surface area contributed by atoms with Crippen LogP contribution in [0.15, 0.2) is 12.3 Å². The van der Waals surface area contributed by atoms with Gasteiger partial charge in [-0.25, -0.2) is 9.78 Å². The standard InChI is InChI=1S/C16H21ClN2O4/c1-15(22)4-7-23-16(10-15)2-5-19(6-3-16)13-12(17)8-11(9-18-13)14(20)21/h8-9,22H,2-7,10H2,1H3,(H,20,21). The molecule has 0 aromatic carbocycles. The summed E-state index contributed by atoms with van der Waals surface area (Å²) < 4.78 is 5.99. The second-order valence-electron chi connectivity index (χ2n) is 6.78. The summed E-state index contributed by atoms with van der Waals surface area (Å²) in [6.07, 6.45) is 4.23. The quantitative estimate of drug-likeness (QED) is 0.859. The van der Waals surface area contributed by atoms with Crippen molar-refractivity contribution in [1.29, 1.82) is 0 Å². The first-order valence-corrected chi connectivity index (χ1v) is 8.18. The highest BCUT2D eigenvalue weighted by atomic mass is 35.5. The summed E-state index contributed by atoms with van der Waals surface area (Å²) >= 11 is 6.19. The van der Waals surface area contributed by atoms with Crippen LogP contribution in [-0.2, 0) is 4.74 Å². The van der Waals surface area contributed by atoms with Crippen LogP contribution in [0.25, 0.3) is 0 Å². The third-order valence-electron chi connectivity index (χ3n) is 4.79. The number of rotatable bonds is 2. The lowest BCUT2D eigenvalue weighted by Crippen LogP contribution is -2.53. The van der Waals surface area contributed by atoms with Crippen molar-refractivity contribution in [1.82, 2.24) is 4.98 Å². The van der Waals surface area contributed by atoms with Gasteiger partial charge in [-0.05, 0) is 32.3 Å². The zero-order valence-corrected chi connectivity index (χ0v) is 13.8. The molecule has 1 spiro atoms. The molecule has 2 fully saturated rings. The highest BCUT2D eigenvalue weighted by molar-refractivity contribution is 6.33. The second-order valence-corrected chi connectivity index (χ2v) is 7.18. The molecule has 1 unspecified atom stereocenters. The molecule has 2 N–H and O–H groups in total. The van der Waals surface area contributed by atoms with Crippen molar-refractivity contribution in [2.24, 2.45) is 0 Å². The fourth-order valence-electron chi connectivity index (χ4n) is 3.55. The largest absolute Gasteiger partial charge is 0.478 e. The van der Waals surface area contributed by atoms with Gasteiger partial charge in [0.25, 0.3) is 0 Å². The van der Waals surface area contributed by atoms with Gasteiger partial charge in [0.05, 0.1) is 28.4 Å². The van der Waals surface area contributed by atoms with Gasteiger partial charge in [0.2, 0.25) is 0 Å². The lowest BCUT2D eigenvalue weighted by atomic mass is 9.78. The number of carboxylic acids is 1. The van der Waals surface area contributed by atoms with Crippen molar-refractivity contribution in [3.63, 3.8) is 0 Å². The molecule has 1 aromatic rings. The van der Waals surface area contributed by atoms with Crippen LogP contribution in [0, 0.1) is 0 Å². The number of piperidine rings is 1. The number of aromatic carboxylic acids is 1. The van der Waals surface area contributed by atoms with Crippen molar-refractivity contribution >= 4 is 23.4 Å². The highest BCUT2D eigenvalue weighted by Crippen LogP contribution is 2.40. The Morgan fingerprint density at radius 1 is 1.39 bits per heavy atom. The number of hydrogen-bond donors (Lipinski definition) is 2. The van der Waals surface area contributed by atoms with Gasteiger partial charge in [0.1, 0.15) is 5.82 Å².